The Kier molecular flexibility index (Phi) is 6.97. The number of rotatable bonds is 7. The summed E-state index contributed by atoms with van der Waals surface area (Å²) in [6.07, 6.45) is 0. The van der Waals surface area contributed by atoms with Crippen LogP contribution < -0.4 is 5.32 Å². The lowest BCUT2D eigenvalue weighted by Crippen LogP contribution is -2.13. The standard InChI is InChI=1S/C18H12F2N4OS3/c19-13-5-6-15(14(20)7-13)26-10-16(25)22-17-23-24-18(28-17)27-9-12-3-1-11(8-21)2-4-12/h1-7H,9-10H2,(H,22,23,25). The summed E-state index contributed by atoms with van der Waals surface area (Å²) in [5.74, 6) is -1.08. The first-order valence-corrected chi connectivity index (χ1v) is 10.7. The van der Waals surface area contributed by atoms with Gasteiger partial charge in [0.1, 0.15) is 11.6 Å². The zero-order chi connectivity index (χ0) is 19.9. The van der Waals surface area contributed by atoms with E-state index in [4.69, 9.17) is 5.26 Å². The second-order valence-corrected chi connectivity index (χ2v) is 8.60. The Balaban J connectivity index is 1.48. The number of hydrogen-bond acceptors (Lipinski definition) is 7. The molecule has 0 unspecified atom stereocenters. The molecule has 28 heavy (non-hydrogen) atoms. The highest BCUT2D eigenvalue weighted by molar-refractivity contribution is 8.00. The van der Waals surface area contributed by atoms with Gasteiger partial charge in [-0.15, -0.1) is 22.0 Å². The molecule has 0 aliphatic rings. The van der Waals surface area contributed by atoms with E-state index in [-0.39, 0.29) is 16.6 Å². The molecule has 0 bridgehead atoms. The summed E-state index contributed by atoms with van der Waals surface area (Å²) in [6.45, 7) is 0. The Morgan fingerprint density at radius 3 is 2.64 bits per heavy atom. The van der Waals surface area contributed by atoms with Crippen LogP contribution in [-0.4, -0.2) is 21.9 Å². The average Bonchev–Trinajstić information content (AvgIpc) is 3.13. The highest BCUT2D eigenvalue weighted by Gasteiger charge is 2.11. The first-order chi connectivity index (χ1) is 13.5. The van der Waals surface area contributed by atoms with Crippen LogP contribution in [0, 0.1) is 23.0 Å². The molecular formula is C18H12F2N4OS3. The van der Waals surface area contributed by atoms with Crippen LogP contribution in [0.25, 0.3) is 0 Å². The zero-order valence-corrected chi connectivity index (χ0v) is 16.6. The first-order valence-electron chi connectivity index (χ1n) is 7.86. The molecule has 2 aromatic carbocycles. The summed E-state index contributed by atoms with van der Waals surface area (Å²) in [6, 6.07) is 12.5. The summed E-state index contributed by atoms with van der Waals surface area (Å²) in [5.41, 5.74) is 1.65. The molecule has 0 radical (unpaired) electrons. The number of nitrogens with one attached hydrogen (secondary N) is 1. The lowest BCUT2D eigenvalue weighted by atomic mass is 10.2. The average molecular weight is 435 g/mol. The Hall–Kier alpha value is -2.48. The number of thioether (sulfide) groups is 2. The summed E-state index contributed by atoms with van der Waals surface area (Å²) in [4.78, 5) is 12.2. The predicted octanol–water partition coefficient (Wildman–Crippen LogP) is 4.71. The molecule has 0 aliphatic heterocycles. The maximum absolute atomic E-state index is 13.6. The lowest BCUT2D eigenvalue weighted by Gasteiger charge is -2.03. The van der Waals surface area contributed by atoms with Crippen LogP contribution in [0.4, 0.5) is 13.9 Å². The number of hydrogen-bond donors (Lipinski definition) is 1. The van der Waals surface area contributed by atoms with Gasteiger partial charge in [-0.25, -0.2) is 8.78 Å². The number of halogens is 2. The number of benzene rings is 2. The zero-order valence-electron chi connectivity index (χ0n) is 14.2. The van der Waals surface area contributed by atoms with Gasteiger partial charge in [-0.1, -0.05) is 35.2 Å². The van der Waals surface area contributed by atoms with Gasteiger partial charge in [0.25, 0.3) is 0 Å². The Labute approximate surface area is 172 Å². The number of amides is 1. The van der Waals surface area contributed by atoms with Crippen molar-refractivity contribution >= 4 is 45.9 Å². The van der Waals surface area contributed by atoms with Crippen molar-refractivity contribution < 1.29 is 13.6 Å². The number of nitrogens with zero attached hydrogens (tertiary/aromatic N) is 3. The molecule has 1 amide bonds. The Morgan fingerprint density at radius 1 is 1.14 bits per heavy atom. The summed E-state index contributed by atoms with van der Waals surface area (Å²) in [5, 5.41) is 19.7. The minimum Gasteiger partial charge on any atom is -0.300 e. The van der Waals surface area contributed by atoms with E-state index in [1.165, 1.54) is 29.2 Å². The van der Waals surface area contributed by atoms with Crippen molar-refractivity contribution in [1.29, 1.82) is 5.26 Å². The van der Waals surface area contributed by atoms with Crippen molar-refractivity contribution in [2.45, 2.75) is 15.0 Å². The molecule has 5 nitrogen and oxygen atoms in total. The van der Waals surface area contributed by atoms with E-state index in [1.54, 1.807) is 12.1 Å². The van der Waals surface area contributed by atoms with Crippen LogP contribution in [0.2, 0.25) is 0 Å². The van der Waals surface area contributed by atoms with Gasteiger partial charge in [-0.3, -0.25) is 10.1 Å². The predicted molar refractivity (Wildman–Crippen MR) is 106 cm³/mol. The molecule has 0 saturated heterocycles. The number of aromatic nitrogens is 2. The fraction of sp³-hybridized carbons (Fsp3) is 0.111. The van der Waals surface area contributed by atoms with E-state index in [9.17, 15) is 13.6 Å². The van der Waals surface area contributed by atoms with Crippen molar-refractivity contribution in [2.24, 2.45) is 0 Å². The number of nitriles is 1. The third-order valence-electron chi connectivity index (χ3n) is 3.35. The second kappa shape index (κ2) is 9.64. The van der Waals surface area contributed by atoms with E-state index in [2.05, 4.69) is 21.6 Å². The van der Waals surface area contributed by atoms with Crippen LogP contribution in [0.1, 0.15) is 11.1 Å². The van der Waals surface area contributed by atoms with Gasteiger partial charge in [-0.05, 0) is 29.8 Å². The molecule has 3 aromatic rings. The van der Waals surface area contributed by atoms with Crippen molar-refractivity contribution in [3.05, 3.63) is 65.2 Å². The lowest BCUT2D eigenvalue weighted by molar-refractivity contribution is -0.113. The van der Waals surface area contributed by atoms with Crippen LogP contribution in [0.15, 0.2) is 51.7 Å². The molecule has 3 rings (SSSR count). The van der Waals surface area contributed by atoms with Gasteiger partial charge in [0.15, 0.2) is 4.34 Å². The summed E-state index contributed by atoms with van der Waals surface area (Å²) in [7, 11) is 0. The van der Waals surface area contributed by atoms with Gasteiger partial charge >= 0.3 is 0 Å². The van der Waals surface area contributed by atoms with Crippen LogP contribution in [0.5, 0.6) is 0 Å². The minimum atomic E-state index is -0.699. The molecule has 0 aliphatic carbocycles. The number of carbonyl (C=O) groups excluding carboxylic acids is 1. The minimum absolute atomic E-state index is 0.0319. The molecule has 1 heterocycles. The Morgan fingerprint density at radius 2 is 1.93 bits per heavy atom. The van der Waals surface area contributed by atoms with Crippen molar-refractivity contribution in [1.82, 2.24) is 10.2 Å². The molecule has 0 saturated carbocycles. The quantitative estimate of drug-likeness (QED) is 0.429. The maximum atomic E-state index is 13.6. The largest absolute Gasteiger partial charge is 0.300 e. The molecule has 0 spiro atoms. The van der Waals surface area contributed by atoms with E-state index < -0.39 is 11.6 Å². The van der Waals surface area contributed by atoms with Crippen molar-refractivity contribution in [3.63, 3.8) is 0 Å². The van der Waals surface area contributed by atoms with Crippen LogP contribution >= 0.6 is 34.9 Å². The maximum Gasteiger partial charge on any atom is 0.236 e. The number of anilines is 1. The molecule has 10 heteroatoms. The van der Waals surface area contributed by atoms with E-state index in [0.29, 0.717) is 20.8 Å². The van der Waals surface area contributed by atoms with Crippen LogP contribution in [0.3, 0.4) is 0 Å². The second-order valence-electron chi connectivity index (χ2n) is 5.38. The normalized spacial score (nSPS) is 10.5. The fourth-order valence-corrected chi connectivity index (χ4v) is 4.47. The highest BCUT2D eigenvalue weighted by atomic mass is 32.2. The van der Waals surface area contributed by atoms with Crippen LogP contribution in [-0.2, 0) is 10.5 Å². The summed E-state index contributed by atoms with van der Waals surface area (Å²) < 4.78 is 27.1. The van der Waals surface area contributed by atoms with Crippen molar-refractivity contribution in [3.8, 4) is 6.07 Å². The monoisotopic (exact) mass is 434 g/mol. The number of carbonyl (C=O) groups is 1. The molecule has 0 atom stereocenters. The van der Waals surface area contributed by atoms with Gasteiger partial charge in [0, 0.05) is 16.7 Å². The topological polar surface area (TPSA) is 78.7 Å². The summed E-state index contributed by atoms with van der Waals surface area (Å²) >= 11 is 3.68. The molecule has 1 aromatic heterocycles. The smallest absolute Gasteiger partial charge is 0.236 e. The van der Waals surface area contributed by atoms with E-state index in [1.807, 2.05) is 12.1 Å². The molecule has 0 fully saturated rings. The molecular weight excluding hydrogens is 422 g/mol. The fourth-order valence-electron chi connectivity index (χ4n) is 2.03. The van der Waals surface area contributed by atoms with Crippen molar-refractivity contribution in [2.75, 3.05) is 11.1 Å². The molecule has 1 N–H and O–H groups in total. The first kappa shape index (κ1) is 20.3. The third kappa shape index (κ3) is 5.76. The van der Waals surface area contributed by atoms with Gasteiger partial charge in [-0.2, -0.15) is 5.26 Å². The Bertz CT molecular complexity index is 1020. The van der Waals surface area contributed by atoms with Gasteiger partial charge in [0.05, 0.1) is 17.4 Å². The van der Waals surface area contributed by atoms with E-state index >= 15 is 0 Å². The SMILES string of the molecule is N#Cc1ccc(CSc2nnc(NC(=O)CSc3ccc(F)cc3F)s2)cc1. The van der Waals surface area contributed by atoms with Gasteiger partial charge in [0.2, 0.25) is 11.0 Å². The molecule has 142 valence electrons. The van der Waals surface area contributed by atoms with Gasteiger partial charge < -0.3 is 0 Å². The third-order valence-corrected chi connectivity index (χ3v) is 6.44. The highest BCUT2D eigenvalue weighted by Crippen LogP contribution is 2.29. The van der Waals surface area contributed by atoms with E-state index in [0.717, 1.165) is 29.5 Å².